The Hall–Kier alpha value is -1.75. The fraction of sp³-hybridized carbons (Fsp3) is 0.400. The van der Waals surface area contributed by atoms with E-state index in [4.69, 9.17) is 0 Å². The second-order valence-corrected chi connectivity index (χ2v) is 5.63. The molecule has 4 nitrogen and oxygen atoms in total. The largest absolute Gasteiger partial charge is 0.351 e. The first-order valence-electron chi connectivity index (χ1n) is 6.88. The van der Waals surface area contributed by atoms with Gasteiger partial charge >= 0.3 is 0 Å². The second kappa shape index (κ2) is 7.75. The molecule has 2 rings (SSSR count). The summed E-state index contributed by atoms with van der Waals surface area (Å²) in [7, 11) is 0. The Morgan fingerprint density at radius 1 is 1.25 bits per heavy atom. The summed E-state index contributed by atoms with van der Waals surface area (Å²) in [6.07, 6.45) is 5.62. The molecular formula is C15H19N3OS. The van der Waals surface area contributed by atoms with Crippen molar-refractivity contribution in [3.8, 4) is 0 Å². The number of hydrogen-bond acceptors (Lipinski definition) is 4. The van der Waals surface area contributed by atoms with E-state index in [1.54, 1.807) is 6.20 Å². The van der Waals surface area contributed by atoms with Crippen LogP contribution in [0, 0.1) is 0 Å². The molecule has 0 aliphatic heterocycles. The van der Waals surface area contributed by atoms with Crippen LogP contribution in [0.15, 0.2) is 30.5 Å². The van der Waals surface area contributed by atoms with Crippen LogP contribution in [0.4, 0.5) is 0 Å². The van der Waals surface area contributed by atoms with Gasteiger partial charge in [-0.05, 0) is 35.5 Å². The van der Waals surface area contributed by atoms with Crippen molar-refractivity contribution in [2.75, 3.05) is 0 Å². The van der Waals surface area contributed by atoms with Gasteiger partial charge in [0.25, 0.3) is 0 Å². The molecule has 1 heterocycles. The molecule has 1 N–H and O–H groups in total. The molecule has 0 saturated carbocycles. The van der Waals surface area contributed by atoms with Gasteiger partial charge < -0.3 is 5.32 Å². The lowest BCUT2D eigenvalue weighted by Gasteiger charge is -2.05. The molecule has 2 aromatic rings. The second-order valence-electron chi connectivity index (χ2n) is 4.76. The molecule has 0 unspecified atom stereocenters. The molecule has 0 bridgehead atoms. The lowest BCUT2D eigenvalue weighted by Crippen LogP contribution is -2.24. The van der Waals surface area contributed by atoms with Crippen molar-refractivity contribution in [3.05, 3.63) is 46.5 Å². The molecule has 1 amide bonds. The number of carbonyl (C=O) groups excluding carboxylic acids is 1. The SMILES string of the molecule is CCCCc1ccc(CC(=O)NCc2cnns2)cc1. The van der Waals surface area contributed by atoms with E-state index in [-0.39, 0.29) is 5.91 Å². The third-order valence-electron chi connectivity index (χ3n) is 3.07. The van der Waals surface area contributed by atoms with Crippen LogP contribution in [0.1, 0.15) is 35.8 Å². The highest BCUT2D eigenvalue weighted by atomic mass is 32.1. The minimum atomic E-state index is 0.0275. The average Bonchev–Trinajstić information content (AvgIpc) is 2.98. The van der Waals surface area contributed by atoms with Crippen molar-refractivity contribution in [2.24, 2.45) is 0 Å². The van der Waals surface area contributed by atoms with E-state index < -0.39 is 0 Å². The zero-order valence-corrected chi connectivity index (χ0v) is 12.4. The third-order valence-corrected chi connectivity index (χ3v) is 3.73. The Balaban J connectivity index is 1.78. The third kappa shape index (κ3) is 4.74. The molecule has 106 valence electrons. The predicted molar refractivity (Wildman–Crippen MR) is 80.5 cm³/mol. The molecule has 0 aliphatic rings. The van der Waals surface area contributed by atoms with Gasteiger partial charge in [0.2, 0.25) is 5.91 Å². The zero-order chi connectivity index (χ0) is 14.2. The van der Waals surface area contributed by atoms with Crippen LogP contribution in [0.5, 0.6) is 0 Å². The van der Waals surface area contributed by atoms with E-state index in [1.165, 1.54) is 29.9 Å². The Morgan fingerprint density at radius 3 is 2.65 bits per heavy atom. The molecule has 0 fully saturated rings. The molecule has 0 radical (unpaired) electrons. The van der Waals surface area contributed by atoms with Crippen LogP contribution in [-0.2, 0) is 24.2 Å². The van der Waals surface area contributed by atoms with E-state index in [0.717, 1.165) is 16.9 Å². The van der Waals surface area contributed by atoms with Gasteiger partial charge in [0.1, 0.15) is 0 Å². The number of aromatic nitrogens is 2. The van der Waals surface area contributed by atoms with Crippen molar-refractivity contribution >= 4 is 17.4 Å². The quantitative estimate of drug-likeness (QED) is 0.852. The summed E-state index contributed by atoms with van der Waals surface area (Å²) < 4.78 is 3.76. The number of nitrogens with one attached hydrogen (secondary N) is 1. The minimum absolute atomic E-state index is 0.0275. The fourth-order valence-electron chi connectivity index (χ4n) is 1.90. The summed E-state index contributed by atoms with van der Waals surface area (Å²) in [5, 5.41) is 6.61. The van der Waals surface area contributed by atoms with Gasteiger partial charge in [0.05, 0.1) is 24.0 Å². The Bertz CT molecular complexity index is 523. The maximum atomic E-state index is 11.8. The van der Waals surface area contributed by atoms with E-state index in [2.05, 4.69) is 34.0 Å². The topological polar surface area (TPSA) is 54.9 Å². The Kier molecular flexibility index (Phi) is 5.68. The zero-order valence-electron chi connectivity index (χ0n) is 11.6. The average molecular weight is 289 g/mol. The lowest BCUT2D eigenvalue weighted by molar-refractivity contribution is -0.120. The highest BCUT2D eigenvalue weighted by Crippen LogP contribution is 2.09. The Labute approximate surface area is 123 Å². The van der Waals surface area contributed by atoms with Gasteiger partial charge in [-0.1, -0.05) is 42.1 Å². The van der Waals surface area contributed by atoms with Gasteiger partial charge in [-0.2, -0.15) is 0 Å². The summed E-state index contributed by atoms with van der Waals surface area (Å²) in [6.45, 7) is 2.70. The molecule has 0 aliphatic carbocycles. The standard InChI is InChI=1S/C15H19N3OS/c1-2-3-4-12-5-7-13(8-6-12)9-15(19)16-10-14-11-17-18-20-14/h5-8,11H,2-4,9-10H2,1H3,(H,16,19). The molecular weight excluding hydrogens is 270 g/mol. The van der Waals surface area contributed by atoms with E-state index in [9.17, 15) is 4.79 Å². The predicted octanol–water partition coefficient (Wildman–Crippen LogP) is 2.74. The maximum Gasteiger partial charge on any atom is 0.224 e. The van der Waals surface area contributed by atoms with Crippen molar-refractivity contribution < 1.29 is 4.79 Å². The highest BCUT2D eigenvalue weighted by molar-refractivity contribution is 7.05. The van der Waals surface area contributed by atoms with Crippen LogP contribution < -0.4 is 5.32 Å². The first-order chi connectivity index (χ1) is 9.78. The van der Waals surface area contributed by atoms with Crippen molar-refractivity contribution in [3.63, 3.8) is 0 Å². The monoisotopic (exact) mass is 289 g/mol. The molecule has 1 aromatic heterocycles. The summed E-state index contributed by atoms with van der Waals surface area (Å²) in [5.41, 5.74) is 2.39. The minimum Gasteiger partial charge on any atom is -0.351 e. The Morgan fingerprint density at radius 2 is 2.00 bits per heavy atom. The molecule has 20 heavy (non-hydrogen) atoms. The highest BCUT2D eigenvalue weighted by Gasteiger charge is 2.04. The number of carbonyl (C=O) groups is 1. The molecule has 0 saturated heterocycles. The van der Waals surface area contributed by atoms with Crippen LogP contribution >= 0.6 is 11.5 Å². The number of benzene rings is 1. The number of amides is 1. The number of nitrogens with zero attached hydrogens (tertiary/aromatic N) is 2. The van der Waals surface area contributed by atoms with Crippen molar-refractivity contribution in [2.45, 2.75) is 39.2 Å². The van der Waals surface area contributed by atoms with Crippen LogP contribution in [0.25, 0.3) is 0 Å². The number of unbranched alkanes of at least 4 members (excludes halogenated alkanes) is 1. The lowest BCUT2D eigenvalue weighted by atomic mass is 10.0. The fourth-order valence-corrected chi connectivity index (χ4v) is 2.33. The molecule has 0 spiro atoms. The van der Waals surface area contributed by atoms with E-state index in [0.29, 0.717) is 13.0 Å². The molecule has 5 heteroatoms. The van der Waals surface area contributed by atoms with Gasteiger partial charge in [-0.25, -0.2) is 0 Å². The number of rotatable bonds is 7. The normalized spacial score (nSPS) is 10.4. The first-order valence-corrected chi connectivity index (χ1v) is 7.66. The summed E-state index contributed by atoms with van der Waals surface area (Å²) in [4.78, 5) is 12.8. The van der Waals surface area contributed by atoms with Crippen molar-refractivity contribution in [1.82, 2.24) is 14.9 Å². The summed E-state index contributed by atoms with van der Waals surface area (Å²) in [5.74, 6) is 0.0275. The van der Waals surface area contributed by atoms with E-state index in [1.807, 2.05) is 12.1 Å². The van der Waals surface area contributed by atoms with Crippen molar-refractivity contribution in [1.29, 1.82) is 0 Å². The molecule has 0 atom stereocenters. The summed E-state index contributed by atoms with van der Waals surface area (Å²) in [6, 6.07) is 8.31. The van der Waals surface area contributed by atoms with Gasteiger partial charge in [-0.15, -0.1) is 5.10 Å². The van der Waals surface area contributed by atoms with Gasteiger partial charge in [0, 0.05) is 0 Å². The maximum absolute atomic E-state index is 11.8. The van der Waals surface area contributed by atoms with Crippen LogP contribution in [-0.4, -0.2) is 15.5 Å². The number of hydrogen-bond donors (Lipinski definition) is 1. The molecule has 1 aromatic carbocycles. The van der Waals surface area contributed by atoms with Crippen LogP contribution in [0.3, 0.4) is 0 Å². The smallest absolute Gasteiger partial charge is 0.224 e. The first kappa shape index (κ1) is 14.7. The summed E-state index contributed by atoms with van der Waals surface area (Å²) >= 11 is 1.30. The van der Waals surface area contributed by atoms with Gasteiger partial charge in [0.15, 0.2) is 0 Å². The number of aryl methyl sites for hydroxylation is 1. The van der Waals surface area contributed by atoms with Gasteiger partial charge in [-0.3, -0.25) is 4.79 Å². The van der Waals surface area contributed by atoms with Crippen LogP contribution in [0.2, 0.25) is 0 Å². The van der Waals surface area contributed by atoms with E-state index >= 15 is 0 Å².